The first-order valence-corrected chi connectivity index (χ1v) is 4.93. The number of aliphatic hydroxyl groups is 1. The van der Waals surface area contributed by atoms with Gasteiger partial charge in [0.2, 0.25) is 0 Å². The average molecular weight is 262 g/mol. The van der Waals surface area contributed by atoms with E-state index in [1.54, 1.807) is 0 Å². The number of hydrogen-bond acceptors (Lipinski definition) is 3. The minimum Gasteiger partial charge on any atom is -0.480 e. The number of carboxylic acid groups (broad SMARTS) is 1. The number of aliphatic hydroxyl groups excluding tert-OH is 1. The molecule has 0 aliphatic carbocycles. The Labute approximate surface area is 101 Å². The summed E-state index contributed by atoms with van der Waals surface area (Å²) in [5.74, 6) is -2.78. The number of halogens is 2. The summed E-state index contributed by atoms with van der Waals surface area (Å²) in [7, 11) is 0. The highest BCUT2D eigenvalue weighted by molar-refractivity contribution is 6.33. The molecule has 0 saturated heterocycles. The summed E-state index contributed by atoms with van der Waals surface area (Å²) in [5.41, 5.74) is -0.0623. The van der Waals surface area contributed by atoms with Gasteiger partial charge in [-0.05, 0) is 18.2 Å². The highest BCUT2D eigenvalue weighted by Gasteiger charge is 2.20. The molecule has 3 N–H and O–H groups in total. The lowest BCUT2D eigenvalue weighted by molar-refractivity contribution is -0.140. The average Bonchev–Trinajstić information content (AvgIpc) is 2.24. The molecule has 0 heterocycles. The Hall–Kier alpha value is -1.66. The number of nitrogens with one attached hydrogen (secondary N) is 1. The van der Waals surface area contributed by atoms with Crippen molar-refractivity contribution in [2.75, 3.05) is 6.61 Å². The number of carboxylic acids is 1. The first kappa shape index (κ1) is 13.4. The molecule has 0 fully saturated rings. The fourth-order valence-corrected chi connectivity index (χ4v) is 1.35. The molecule has 17 heavy (non-hydrogen) atoms. The molecule has 0 spiro atoms. The number of amides is 1. The third-order valence-corrected chi connectivity index (χ3v) is 2.27. The van der Waals surface area contributed by atoms with E-state index < -0.39 is 30.3 Å². The number of aliphatic carboxylic acids is 1. The Morgan fingerprint density at radius 2 is 2.12 bits per heavy atom. The zero-order valence-electron chi connectivity index (χ0n) is 8.48. The monoisotopic (exact) mass is 261 g/mol. The van der Waals surface area contributed by atoms with Crippen LogP contribution in [0.4, 0.5) is 4.39 Å². The van der Waals surface area contributed by atoms with Gasteiger partial charge in [0.1, 0.15) is 5.82 Å². The molecule has 0 bridgehead atoms. The lowest BCUT2D eigenvalue weighted by atomic mass is 10.2. The van der Waals surface area contributed by atoms with Gasteiger partial charge in [-0.15, -0.1) is 0 Å². The molecule has 1 atom stereocenters. The van der Waals surface area contributed by atoms with Crippen LogP contribution in [-0.4, -0.2) is 34.7 Å². The summed E-state index contributed by atoms with van der Waals surface area (Å²) >= 11 is 5.62. The third-order valence-electron chi connectivity index (χ3n) is 1.96. The molecule has 0 radical (unpaired) electrons. The summed E-state index contributed by atoms with van der Waals surface area (Å²) in [4.78, 5) is 22.1. The smallest absolute Gasteiger partial charge is 0.328 e. The molecule has 1 aromatic carbocycles. The Bertz CT molecular complexity index is 452. The Balaban J connectivity index is 2.86. The van der Waals surface area contributed by atoms with E-state index in [0.717, 1.165) is 18.2 Å². The molecule has 5 nitrogen and oxygen atoms in total. The van der Waals surface area contributed by atoms with Crippen molar-refractivity contribution in [1.29, 1.82) is 0 Å². The molecule has 1 amide bonds. The molecule has 1 aromatic rings. The van der Waals surface area contributed by atoms with Crippen molar-refractivity contribution in [2.24, 2.45) is 0 Å². The molecule has 1 rings (SSSR count). The largest absolute Gasteiger partial charge is 0.480 e. The maximum Gasteiger partial charge on any atom is 0.328 e. The van der Waals surface area contributed by atoms with Crippen molar-refractivity contribution in [3.8, 4) is 0 Å². The number of hydrogen-bond donors (Lipinski definition) is 3. The highest BCUT2D eigenvalue weighted by Crippen LogP contribution is 2.17. The summed E-state index contributed by atoms with van der Waals surface area (Å²) < 4.78 is 12.7. The van der Waals surface area contributed by atoms with Gasteiger partial charge in [-0.2, -0.15) is 0 Å². The Kier molecular flexibility index (Phi) is 4.42. The highest BCUT2D eigenvalue weighted by atomic mass is 35.5. The molecule has 0 aliphatic rings. The van der Waals surface area contributed by atoms with E-state index in [1.807, 2.05) is 5.32 Å². The number of rotatable bonds is 4. The van der Waals surface area contributed by atoms with Crippen molar-refractivity contribution in [3.05, 3.63) is 34.6 Å². The van der Waals surface area contributed by atoms with Crippen molar-refractivity contribution >= 4 is 23.5 Å². The van der Waals surface area contributed by atoms with Crippen LogP contribution in [0.25, 0.3) is 0 Å². The molecular formula is C10H9ClFNO4. The second-order valence-electron chi connectivity index (χ2n) is 3.17. The maximum atomic E-state index is 12.7. The van der Waals surface area contributed by atoms with Gasteiger partial charge >= 0.3 is 5.97 Å². The van der Waals surface area contributed by atoms with Gasteiger partial charge in [-0.3, -0.25) is 4.79 Å². The van der Waals surface area contributed by atoms with Gasteiger partial charge in [0.25, 0.3) is 5.91 Å². The zero-order chi connectivity index (χ0) is 13.0. The first-order chi connectivity index (χ1) is 7.95. The minimum atomic E-state index is -1.43. The first-order valence-electron chi connectivity index (χ1n) is 4.55. The van der Waals surface area contributed by atoms with Gasteiger partial charge < -0.3 is 15.5 Å². The minimum absolute atomic E-state index is 0.0623. The van der Waals surface area contributed by atoms with Crippen LogP contribution in [0, 0.1) is 5.82 Å². The van der Waals surface area contributed by atoms with Crippen LogP contribution in [0.15, 0.2) is 18.2 Å². The van der Waals surface area contributed by atoms with E-state index in [9.17, 15) is 14.0 Å². The fourth-order valence-electron chi connectivity index (χ4n) is 1.10. The van der Waals surface area contributed by atoms with Gasteiger partial charge in [-0.25, -0.2) is 9.18 Å². The molecule has 1 unspecified atom stereocenters. The number of carbonyl (C=O) groups excluding carboxylic acids is 1. The summed E-state index contributed by atoms with van der Waals surface area (Å²) in [6, 6.07) is 1.66. The van der Waals surface area contributed by atoms with Gasteiger partial charge in [0.05, 0.1) is 17.2 Å². The third kappa shape index (κ3) is 3.40. The van der Waals surface area contributed by atoms with Crippen molar-refractivity contribution in [3.63, 3.8) is 0 Å². The Morgan fingerprint density at radius 3 is 2.59 bits per heavy atom. The van der Waals surface area contributed by atoms with Crippen LogP contribution in [0.1, 0.15) is 10.4 Å². The predicted molar refractivity (Wildman–Crippen MR) is 57.4 cm³/mol. The predicted octanol–water partition coefficient (Wildman–Crippen LogP) is 0.654. The van der Waals surface area contributed by atoms with E-state index in [4.69, 9.17) is 21.8 Å². The molecular weight excluding hydrogens is 253 g/mol. The standard InChI is InChI=1S/C10H9ClFNO4/c11-7-3-5(12)1-2-6(7)9(15)13-8(4-14)10(16)17/h1-3,8,14H,4H2,(H,13,15)(H,16,17). The van der Waals surface area contributed by atoms with Crippen molar-refractivity contribution in [1.82, 2.24) is 5.32 Å². The van der Waals surface area contributed by atoms with Crippen LogP contribution in [0.2, 0.25) is 5.02 Å². The number of benzene rings is 1. The quantitative estimate of drug-likeness (QED) is 0.743. The second-order valence-corrected chi connectivity index (χ2v) is 3.58. The van der Waals surface area contributed by atoms with Gasteiger partial charge in [0.15, 0.2) is 6.04 Å². The van der Waals surface area contributed by atoms with E-state index in [0.29, 0.717) is 0 Å². The van der Waals surface area contributed by atoms with E-state index in [2.05, 4.69) is 0 Å². The lowest BCUT2D eigenvalue weighted by Crippen LogP contribution is -2.43. The van der Waals surface area contributed by atoms with Crippen LogP contribution in [0.3, 0.4) is 0 Å². The van der Waals surface area contributed by atoms with Gasteiger partial charge in [-0.1, -0.05) is 11.6 Å². The molecule has 0 saturated carbocycles. The summed E-state index contributed by atoms with van der Waals surface area (Å²) in [6.45, 7) is -0.750. The van der Waals surface area contributed by atoms with E-state index in [-0.39, 0.29) is 10.6 Å². The zero-order valence-corrected chi connectivity index (χ0v) is 9.24. The van der Waals surface area contributed by atoms with E-state index in [1.165, 1.54) is 0 Å². The molecule has 92 valence electrons. The van der Waals surface area contributed by atoms with Crippen molar-refractivity contribution in [2.45, 2.75) is 6.04 Å². The lowest BCUT2D eigenvalue weighted by Gasteiger charge is -2.12. The van der Waals surface area contributed by atoms with Crippen LogP contribution >= 0.6 is 11.6 Å². The van der Waals surface area contributed by atoms with E-state index >= 15 is 0 Å². The SMILES string of the molecule is O=C(NC(CO)C(=O)O)c1ccc(F)cc1Cl. The molecule has 0 aromatic heterocycles. The van der Waals surface area contributed by atoms with Gasteiger partial charge in [0, 0.05) is 0 Å². The Morgan fingerprint density at radius 1 is 1.47 bits per heavy atom. The summed E-state index contributed by atoms with van der Waals surface area (Å²) in [6.07, 6.45) is 0. The van der Waals surface area contributed by atoms with Crippen molar-refractivity contribution < 1.29 is 24.2 Å². The van der Waals surface area contributed by atoms with Crippen LogP contribution in [-0.2, 0) is 4.79 Å². The molecule has 7 heteroatoms. The second kappa shape index (κ2) is 5.60. The normalized spacial score (nSPS) is 11.9. The topological polar surface area (TPSA) is 86.6 Å². The molecule has 0 aliphatic heterocycles. The maximum absolute atomic E-state index is 12.7. The van der Waals surface area contributed by atoms with Crippen LogP contribution < -0.4 is 5.32 Å². The summed E-state index contributed by atoms with van der Waals surface area (Å²) in [5, 5.41) is 19.2. The fraction of sp³-hybridized carbons (Fsp3) is 0.200. The number of carbonyl (C=O) groups is 2. The van der Waals surface area contributed by atoms with Crippen LogP contribution in [0.5, 0.6) is 0 Å².